The van der Waals surface area contributed by atoms with Crippen molar-refractivity contribution in [1.82, 2.24) is 0 Å². The minimum atomic E-state index is -3.84. The lowest BCUT2D eigenvalue weighted by atomic mass is 10.1. The molecule has 1 aromatic rings. The molecule has 0 aliphatic heterocycles. The first-order valence-corrected chi connectivity index (χ1v) is 6.18. The number of Topliss-reactive ketones (excluding diaryl/α,β-unsaturated/α-hetero) is 1. The third-order valence-electron chi connectivity index (χ3n) is 2.18. The Morgan fingerprint density at radius 2 is 1.73 bits per heavy atom. The van der Waals surface area contributed by atoms with E-state index in [4.69, 9.17) is 0 Å². The van der Waals surface area contributed by atoms with Gasteiger partial charge in [0.2, 0.25) is 10.7 Å². The van der Waals surface area contributed by atoms with Crippen LogP contribution in [0.4, 0.5) is 0 Å². The molecule has 1 N–H and O–H groups in total. The van der Waals surface area contributed by atoms with Crippen LogP contribution in [0.2, 0.25) is 0 Å². The van der Waals surface area contributed by atoms with Gasteiger partial charge in [0.1, 0.15) is 0 Å². The lowest BCUT2D eigenvalue weighted by molar-refractivity contribution is 0.0685. The maximum absolute atomic E-state index is 11.7. The van der Waals surface area contributed by atoms with Gasteiger partial charge in [0.05, 0.1) is 0 Å². The number of carbonyl (C=O) groups excluding carboxylic acids is 1. The molecule has 0 saturated carbocycles. The Balaban J connectivity index is 3.17. The zero-order valence-corrected chi connectivity index (χ0v) is 9.28. The zero-order valence-electron chi connectivity index (χ0n) is 8.47. The van der Waals surface area contributed by atoms with Crippen LogP contribution in [-0.4, -0.2) is 30.5 Å². The first kappa shape index (κ1) is 11.9. The highest BCUT2D eigenvalue weighted by Crippen LogP contribution is 2.18. The molecule has 0 aliphatic rings. The molecule has 0 radical (unpaired) electrons. The Morgan fingerprint density at radius 3 is 2.13 bits per heavy atom. The predicted molar refractivity (Wildman–Crippen MR) is 56.2 cm³/mol. The molecule has 0 amide bonds. The second-order valence-corrected chi connectivity index (χ2v) is 5.79. The maximum atomic E-state index is 11.7. The van der Waals surface area contributed by atoms with E-state index in [1.54, 1.807) is 18.2 Å². The SMILES string of the molecule is CC(O)(C(=O)c1ccccc1)S(C)(=O)=O. The molecule has 5 heteroatoms. The number of hydrogen-bond donors (Lipinski definition) is 1. The highest BCUT2D eigenvalue weighted by Gasteiger charge is 2.41. The highest BCUT2D eigenvalue weighted by atomic mass is 32.2. The summed E-state index contributed by atoms with van der Waals surface area (Å²) in [5, 5.41) is 9.64. The third kappa shape index (κ3) is 2.24. The van der Waals surface area contributed by atoms with Crippen LogP contribution >= 0.6 is 0 Å². The lowest BCUT2D eigenvalue weighted by Gasteiger charge is -2.19. The molecule has 1 unspecified atom stereocenters. The molecule has 1 rings (SSSR count). The molecule has 1 atom stereocenters. The molecular weight excluding hydrogens is 216 g/mol. The number of ketones is 1. The van der Waals surface area contributed by atoms with Crippen molar-refractivity contribution in [1.29, 1.82) is 0 Å². The molecule has 0 bridgehead atoms. The number of hydrogen-bond acceptors (Lipinski definition) is 4. The van der Waals surface area contributed by atoms with E-state index in [9.17, 15) is 18.3 Å². The largest absolute Gasteiger partial charge is 0.369 e. The Kier molecular flexibility index (Phi) is 2.97. The zero-order chi connectivity index (χ0) is 11.7. The van der Waals surface area contributed by atoms with Crippen LogP contribution in [0, 0.1) is 0 Å². The second-order valence-electron chi connectivity index (χ2n) is 3.45. The van der Waals surface area contributed by atoms with Crippen molar-refractivity contribution < 1.29 is 18.3 Å². The van der Waals surface area contributed by atoms with Crippen LogP contribution in [0.25, 0.3) is 0 Å². The monoisotopic (exact) mass is 228 g/mol. The summed E-state index contributed by atoms with van der Waals surface area (Å²) in [5.41, 5.74) is 0.174. The smallest absolute Gasteiger partial charge is 0.226 e. The summed E-state index contributed by atoms with van der Waals surface area (Å²) in [7, 11) is -3.84. The van der Waals surface area contributed by atoms with E-state index in [1.165, 1.54) is 12.1 Å². The van der Waals surface area contributed by atoms with E-state index in [0.717, 1.165) is 13.2 Å². The topological polar surface area (TPSA) is 71.4 Å². The summed E-state index contributed by atoms with van der Waals surface area (Å²) < 4.78 is 22.4. The Morgan fingerprint density at radius 1 is 1.27 bits per heavy atom. The van der Waals surface area contributed by atoms with Gasteiger partial charge in [-0.2, -0.15) is 0 Å². The van der Waals surface area contributed by atoms with E-state index in [-0.39, 0.29) is 5.56 Å². The van der Waals surface area contributed by atoms with Gasteiger partial charge in [-0.05, 0) is 6.92 Å². The van der Waals surface area contributed by atoms with Crippen molar-refractivity contribution in [2.24, 2.45) is 0 Å². The van der Waals surface area contributed by atoms with Gasteiger partial charge in [-0.15, -0.1) is 0 Å². The van der Waals surface area contributed by atoms with E-state index in [0.29, 0.717) is 0 Å². The van der Waals surface area contributed by atoms with Crippen LogP contribution < -0.4 is 0 Å². The molecular formula is C10H12O4S. The fourth-order valence-electron chi connectivity index (χ4n) is 1.03. The van der Waals surface area contributed by atoms with Crippen LogP contribution in [0.15, 0.2) is 30.3 Å². The standard InChI is InChI=1S/C10H12O4S/c1-10(12,15(2,13)14)9(11)8-6-4-3-5-7-8/h3-7,12H,1-2H3. The van der Waals surface area contributed by atoms with E-state index < -0.39 is 20.6 Å². The lowest BCUT2D eigenvalue weighted by Crippen LogP contribution is -2.42. The molecule has 0 spiro atoms. The van der Waals surface area contributed by atoms with Crippen molar-refractivity contribution in [3.05, 3.63) is 35.9 Å². The summed E-state index contributed by atoms with van der Waals surface area (Å²) in [4.78, 5) is 9.32. The van der Waals surface area contributed by atoms with Crippen molar-refractivity contribution >= 4 is 15.6 Å². The number of carbonyl (C=O) groups is 1. The Hall–Kier alpha value is -1.20. The normalized spacial score (nSPS) is 15.7. The fraction of sp³-hybridized carbons (Fsp3) is 0.300. The third-order valence-corrected chi connectivity index (χ3v) is 3.81. The molecule has 0 heterocycles. The molecule has 0 fully saturated rings. The summed E-state index contributed by atoms with van der Waals surface area (Å²) in [6.45, 7) is 0.984. The van der Waals surface area contributed by atoms with Crippen molar-refractivity contribution in [3.8, 4) is 0 Å². The van der Waals surface area contributed by atoms with Crippen LogP contribution in [0.5, 0.6) is 0 Å². The van der Waals surface area contributed by atoms with Crippen molar-refractivity contribution in [3.63, 3.8) is 0 Å². The maximum Gasteiger partial charge on any atom is 0.226 e. The number of benzene rings is 1. The molecule has 0 saturated heterocycles. The highest BCUT2D eigenvalue weighted by molar-refractivity contribution is 7.92. The van der Waals surface area contributed by atoms with Crippen LogP contribution in [-0.2, 0) is 9.84 Å². The summed E-state index contributed by atoms with van der Waals surface area (Å²) in [6.07, 6.45) is 0.827. The van der Waals surface area contributed by atoms with Gasteiger partial charge >= 0.3 is 0 Å². The average Bonchev–Trinajstić information content (AvgIpc) is 2.16. The second kappa shape index (κ2) is 3.75. The number of sulfone groups is 1. The summed E-state index contributed by atoms with van der Waals surface area (Å²) >= 11 is 0. The molecule has 4 nitrogen and oxygen atoms in total. The van der Waals surface area contributed by atoms with Crippen molar-refractivity contribution in [2.75, 3.05) is 6.26 Å². The molecule has 82 valence electrons. The van der Waals surface area contributed by atoms with Crippen molar-refractivity contribution in [2.45, 2.75) is 11.9 Å². The Labute approximate surface area is 88.5 Å². The van der Waals surface area contributed by atoms with Gasteiger partial charge in [0.15, 0.2) is 9.84 Å². The number of aliphatic hydroxyl groups is 1. The average molecular weight is 228 g/mol. The summed E-state index contributed by atoms with van der Waals surface area (Å²) in [6, 6.07) is 7.83. The number of rotatable bonds is 3. The quantitative estimate of drug-likeness (QED) is 0.770. The van der Waals surface area contributed by atoms with E-state index in [2.05, 4.69) is 0 Å². The molecule has 15 heavy (non-hydrogen) atoms. The van der Waals surface area contributed by atoms with Crippen LogP contribution in [0.3, 0.4) is 0 Å². The van der Waals surface area contributed by atoms with E-state index >= 15 is 0 Å². The molecule has 0 aromatic heterocycles. The fourth-order valence-corrected chi connectivity index (χ4v) is 1.48. The predicted octanol–water partition coefficient (Wildman–Crippen LogP) is 0.622. The van der Waals surface area contributed by atoms with Gasteiger partial charge in [0.25, 0.3) is 0 Å². The van der Waals surface area contributed by atoms with Gasteiger partial charge in [-0.1, -0.05) is 30.3 Å². The van der Waals surface area contributed by atoms with Crippen LogP contribution in [0.1, 0.15) is 17.3 Å². The minimum Gasteiger partial charge on any atom is -0.369 e. The Bertz CT molecular complexity index is 459. The van der Waals surface area contributed by atoms with Gasteiger partial charge in [0, 0.05) is 11.8 Å². The van der Waals surface area contributed by atoms with E-state index in [1.807, 2.05) is 0 Å². The summed E-state index contributed by atoms with van der Waals surface area (Å²) in [5.74, 6) is -0.814. The molecule has 0 aliphatic carbocycles. The van der Waals surface area contributed by atoms with Gasteiger partial charge < -0.3 is 5.11 Å². The minimum absolute atomic E-state index is 0.174. The first-order valence-electron chi connectivity index (χ1n) is 4.28. The van der Waals surface area contributed by atoms with Gasteiger partial charge in [-0.3, -0.25) is 4.79 Å². The first-order chi connectivity index (χ1) is 6.77. The van der Waals surface area contributed by atoms with Gasteiger partial charge in [-0.25, -0.2) is 8.42 Å². The molecule has 1 aromatic carbocycles.